The molecule has 0 saturated carbocycles. The van der Waals surface area contributed by atoms with Gasteiger partial charge in [0, 0.05) is 11.3 Å². The number of oxazole rings is 1. The molecule has 0 atom stereocenters. The number of rotatable bonds is 6. The number of aryl methyl sites for hydroxylation is 1. The van der Waals surface area contributed by atoms with Crippen molar-refractivity contribution in [2.45, 2.75) is 13.8 Å². The predicted octanol–water partition coefficient (Wildman–Crippen LogP) is 5.85. The average Bonchev–Trinajstić information content (AvgIpc) is 3.18. The Morgan fingerprint density at radius 1 is 1.03 bits per heavy atom. The first-order valence-electron chi connectivity index (χ1n) is 9.92. The number of anilines is 2. The van der Waals surface area contributed by atoms with Gasteiger partial charge in [-0.2, -0.15) is 0 Å². The quantitative estimate of drug-likeness (QED) is 0.411. The molecule has 158 valence electrons. The highest BCUT2D eigenvalue weighted by Crippen LogP contribution is 2.32. The van der Waals surface area contributed by atoms with Crippen molar-refractivity contribution in [3.63, 3.8) is 0 Å². The molecular formula is C24H23N3O4. The molecule has 0 unspecified atom stereocenters. The average molecular weight is 417 g/mol. The van der Waals surface area contributed by atoms with Gasteiger partial charge in [-0.1, -0.05) is 6.07 Å². The molecule has 3 aromatic carbocycles. The minimum Gasteiger partial charge on any atom is -0.495 e. The Hall–Kier alpha value is -4.00. The maximum atomic E-state index is 12.5. The predicted molar refractivity (Wildman–Crippen MR) is 121 cm³/mol. The number of nitrogens with one attached hydrogen (secondary N) is 2. The van der Waals surface area contributed by atoms with Crippen LogP contribution in [0.4, 0.5) is 16.2 Å². The Kier molecular flexibility index (Phi) is 5.75. The number of benzene rings is 3. The van der Waals surface area contributed by atoms with Crippen molar-refractivity contribution in [2.75, 3.05) is 24.4 Å². The summed E-state index contributed by atoms with van der Waals surface area (Å²) in [5.41, 5.74) is 4.47. The van der Waals surface area contributed by atoms with E-state index >= 15 is 0 Å². The molecule has 2 amide bonds. The SMILES string of the molecule is CCOc1ccc(NC(=O)Nc2cc(-c3nc4cc(C)ccc4o3)ccc2OC)cc1. The highest BCUT2D eigenvalue weighted by atomic mass is 16.5. The van der Waals surface area contributed by atoms with Crippen LogP contribution >= 0.6 is 0 Å². The van der Waals surface area contributed by atoms with Crippen LogP contribution < -0.4 is 20.1 Å². The molecule has 7 heteroatoms. The van der Waals surface area contributed by atoms with Gasteiger partial charge in [0.05, 0.1) is 19.4 Å². The van der Waals surface area contributed by atoms with Gasteiger partial charge in [-0.25, -0.2) is 9.78 Å². The number of urea groups is 1. The summed E-state index contributed by atoms with van der Waals surface area (Å²) in [5, 5.41) is 5.62. The van der Waals surface area contributed by atoms with E-state index in [0.29, 0.717) is 35.2 Å². The number of carbonyl (C=O) groups excluding carboxylic acids is 1. The zero-order chi connectivity index (χ0) is 21.8. The van der Waals surface area contributed by atoms with E-state index in [-0.39, 0.29) is 0 Å². The van der Waals surface area contributed by atoms with Crippen LogP contribution in [0.25, 0.3) is 22.6 Å². The first kappa shape index (κ1) is 20.3. The Bertz CT molecular complexity index is 1220. The number of methoxy groups -OCH3 is 1. The van der Waals surface area contributed by atoms with Crippen molar-refractivity contribution < 1.29 is 18.7 Å². The summed E-state index contributed by atoms with van der Waals surface area (Å²) in [6, 6.07) is 18.0. The van der Waals surface area contributed by atoms with Gasteiger partial charge in [0.15, 0.2) is 5.58 Å². The van der Waals surface area contributed by atoms with Crippen molar-refractivity contribution in [1.29, 1.82) is 0 Å². The minimum absolute atomic E-state index is 0.396. The van der Waals surface area contributed by atoms with Crippen LogP contribution in [-0.4, -0.2) is 24.7 Å². The van der Waals surface area contributed by atoms with E-state index < -0.39 is 6.03 Å². The molecule has 2 N–H and O–H groups in total. The maximum Gasteiger partial charge on any atom is 0.323 e. The van der Waals surface area contributed by atoms with Crippen LogP contribution in [0.2, 0.25) is 0 Å². The molecule has 4 aromatic rings. The smallest absolute Gasteiger partial charge is 0.323 e. The summed E-state index contributed by atoms with van der Waals surface area (Å²) in [5.74, 6) is 1.74. The molecule has 7 nitrogen and oxygen atoms in total. The van der Waals surface area contributed by atoms with Gasteiger partial charge in [0.25, 0.3) is 0 Å². The van der Waals surface area contributed by atoms with Crippen LogP contribution in [-0.2, 0) is 0 Å². The molecule has 4 rings (SSSR count). The largest absolute Gasteiger partial charge is 0.495 e. The highest BCUT2D eigenvalue weighted by Gasteiger charge is 2.14. The van der Waals surface area contributed by atoms with E-state index in [4.69, 9.17) is 13.9 Å². The van der Waals surface area contributed by atoms with Crippen LogP contribution in [0.3, 0.4) is 0 Å². The summed E-state index contributed by atoms with van der Waals surface area (Å²) < 4.78 is 16.7. The number of amides is 2. The molecule has 0 saturated heterocycles. The zero-order valence-electron chi connectivity index (χ0n) is 17.6. The normalized spacial score (nSPS) is 10.7. The number of fused-ring (bicyclic) bond motifs is 1. The third-order valence-electron chi connectivity index (χ3n) is 4.66. The maximum absolute atomic E-state index is 12.5. The fourth-order valence-corrected chi connectivity index (χ4v) is 3.19. The standard InChI is InChI=1S/C24H23N3O4/c1-4-30-18-9-7-17(8-10-18)25-24(28)27-20-14-16(6-12-21(20)29-3)23-26-19-13-15(2)5-11-22(19)31-23/h5-14H,4H2,1-3H3,(H2,25,27,28). The molecule has 0 aliphatic heterocycles. The summed E-state index contributed by atoms with van der Waals surface area (Å²) in [4.78, 5) is 17.1. The molecule has 0 aliphatic rings. The fraction of sp³-hybridized carbons (Fsp3) is 0.167. The van der Waals surface area contributed by atoms with E-state index in [9.17, 15) is 4.79 Å². The number of nitrogens with zero attached hydrogens (tertiary/aromatic N) is 1. The van der Waals surface area contributed by atoms with Crippen LogP contribution in [0.5, 0.6) is 11.5 Å². The molecule has 1 heterocycles. The molecule has 0 aliphatic carbocycles. The minimum atomic E-state index is -0.396. The summed E-state index contributed by atoms with van der Waals surface area (Å²) >= 11 is 0. The van der Waals surface area contributed by atoms with Gasteiger partial charge in [0.2, 0.25) is 5.89 Å². The van der Waals surface area contributed by atoms with Crippen LogP contribution in [0, 0.1) is 6.92 Å². The first-order valence-corrected chi connectivity index (χ1v) is 9.92. The van der Waals surface area contributed by atoms with E-state index in [1.54, 1.807) is 43.5 Å². The van der Waals surface area contributed by atoms with Gasteiger partial charge in [-0.05, 0) is 74.0 Å². The van der Waals surface area contributed by atoms with Crippen molar-refractivity contribution >= 4 is 28.5 Å². The van der Waals surface area contributed by atoms with E-state index in [1.165, 1.54) is 0 Å². The molecule has 31 heavy (non-hydrogen) atoms. The monoisotopic (exact) mass is 417 g/mol. The molecule has 1 aromatic heterocycles. The summed E-state index contributed by atoms with van der Waals surface area (Å²) in [6.45, 7) is 4.51. The molecule has 0 bridgehead atoms. The lowest BCUT2D eigenvalue weighted by molar-refractivity contribution is 0.262. The van der Waals surface area contributed by atoms with Gasteiger partial charge >= 0.3 is 6.03 Å². The Morgan fingerprint density at radius 2 is 1.84 bits per heavy atom. The van der Waals surface area contributed by atoms with Gasteiger partial charge in [-0.15, -0.1) is 0 Å². The van der Waals surface area contributed by atoms with E-state index in [0.717, 1.165) is 22.4 Å². The number of aromatic nitrogens is 1. The molecule has 0 fully saturated rings. The van der Waals surface area contributed by atoms with Gasteiger partial charge in [-0.3, -0.25) is 0 Å². The Balaban J connectivity index is 1.54. The number of hydrogen-bond donors (Lipinski definition) is 2. The van der Waals surface area contributed by atoms with Crippen molar-refractivity contribution in [3.05, 3.63) is 66.2 Å². The Labute approximate surface area is 180 Å². The van der Waals surface area contributed by atoms with Crippen molar-refractivity contribution in [3.8, 4) is 23.0 Å². The van der Waals surface area contributed by atoms with Gasteiger partial charge in [0.1, 0.15) is 17.0 Å². The van der Waals surface area contributed by atoms with Crippen molar-refractivity contribution in [2.24, 2.45) is 0 Å². The molecule has 0 spiro atoms. The van der Waals surface area contributed by atoms with Gasteiger partial charge < -0.3 is 24.5 Å². The van der Waals surface area contributed by atoms with Crippen LogP contribution in [0.15, 0.2) is 65.1 Å². The number of carbonyl (C=O) groups is 1. The number of ether oxygens (including phenoxy) is 2. The van der Waals surface area contributed by atoms with Crippen LogP contribution in [0.1, 0.15) is 12.5 Å². The molecule has 0 radical (unpaired) electrons. The number of hydrogen-bond acceptors (Lipinski definition) is 5. The topological polar surface area (TPSA) is 85.6 Å². The zero-order valence-corrected chi connectivity index (χ0v) is 17.6. The highest BCUT2D eigenvalue weighted by molar-refractivity contribution is 6.01. The summed E-state index contributed by atoms with van der Waals surface area (Å²) in [6.07, 6.45) is 0. The lowest BCUT2D eigenvalue weighted by Gasteiger charge is -2.12. The lowest BCUT2D eigenvalue weighted by Crippen LogP contribution is -2.19. The van der Waals surface area contributed by atoms with E-state index in [1.807, 2.05) is 38.1 Å². The second-order valence-corrected chi connectivity index (χ2v) is 6.94. The second-order valence-electron chi connectivity index (χ2n) is 6.94. The third-order valence-corrected chi connectivity index (χ3v) is 4.66. The Morgan fingerprint density at radius 3 is 2.58 bits per heavy atom. The second kappa shape index (κ2) is 8.79. The summed E-state index contributed by atoms with van der Waals surface area (Å²) in [7, 11) is 1.55. The van der Waals surface area contributed by atoms with Crippen molar-refractivity contribution in [1.82, 2.24) is 4.98 Å². The molecular weight excluding hydrogens is 394 g/mol. The third kappa shape index (κ3) is 4.61. The fourth-order valence-electron chi connectivity index (χ4n) is 3.19. The van der Waals surface area contributed by atoms with E-state index in [2.05, 4.69) is 15.6 Å². The lowest BCUT2D eigenvalue weighted by atomic mass is 10.2. The first-order chi connectivity index (χ1) is 15.1.